The Morgan fingerprint density at radius 1 is 1.09 bits per heavy atom. The third-order valence-corrected chi connectivity index (χ3v) is 5.41. The van der Waals surface area contributed by atoms with Crippen molar-refractivity contribution in [3.8, 4) is 0 Å². The van der Waals surface area contributed by atoms with Crippen molar-refractivity contribution in [2.75, 3.05) is 5.32 Å². The number of hydrogen-bond acceptors (Lipinski definition) is 7. The zero-order chi connectivity index (χ0) is 23.7. The Morgan fingerprint density at radius 2 is 1.88 bits per heavy atom. The topological polar surface area (TPSA) is 144 Å². The van der Waals surface area contributed by atoms with E-state index >= 15 is 0 Å². The third kappa shape index (κ3) is 4.37. The lowest BCUT2D eigenvalue weighted by Gasteiger charge is -2.04. The van der Waals surface area contributed by atoms with Crippen LogP contribution in [0.15, 0.2) is 30.9 Å². The molecule has 0 radical (unpaired) electrons. The molecular formula is C20H24N10O3. The highest BCUT2D eigenvalue weighted by Crippen LogP contribution is 2.21. The van der Waals surface area contributed by atoms with Crippen molar-refractivity contribution >= 4 is 17.3 Å². The molecule has 13 nitrogen and oxygen atoms in total. The Balaban J connectivity index is 1.41. The van der Waals surface area contributed by atoms with Gasteiger partial charge in [0.2, 0.25) is 0 Å². The molecule has 0 spiro atoms. The van der Waals surface area contributed by atoms with Crippen LogP contribution in [0, 0.1) is 30.9 Å². The number of nitro groups is 1. The fourth-order valence-corrected chi connectivity index (χ4v) is 3.63. The van der Waals surface area contributed by atoms with Gasteiger partial charge in [0, 0.05) is 30.2 Å². The lowest BCUT2D eigenvalue weighted by Crippen LogP contribution is -2.15. The van der Waals surface area contributed by atoms with Crippen molar-refractivity contribution in [3.05, 3.63) is 69.3 Å². The number of nitrogens with one attached hydrogen (secondary N) is 1. The quantitative estimate of drug-likeness (QED) is 0.318. The number of rotatable bonds is 8. The van der Waals surface area contributed by atoms with Crippen LogP contribution in [0.25, 0.3) is 0 Å². The monoisotopic (exact) mass is 452 g/mol. The summed E-state index contributed by atoms with van der Waals surface area (Å²) in [4.78, 5) is 23.3. The molecular weight excluding hydrogens is 428 g/mol. The first kappa shape index (κ1) is 21.9. The average molecular weight is 452 g/mol. The molecule has 0 bridgehead atoms. The van der Waals surface area contributed by atoms with Gasteiger partial charge in [-0.15, -0.1) is 0 Å². The number of anilines is 1. The van der Waals surface area contributed by atoms with Crippen molar-refractivity contribution in [3.63, 3.8) is 0 Å². The second-order valence-corrected chi connectivity index (χ2v) is 7.61. The summed E-state index contributed by atoms with van der Waals surface area (Å²) in [6.07, 6.45) is 6.76. The SMILES string of the molecule is CCn1ncc(Cn2cc(NC(=O)c3ccn(Cn4nc(C)c([N+](=O)[O-])c4C)n3)cn2)c1C. The van der Waals surface area contributed by atoms with Crippen LogP contribution in [0.2, 0.25) is 0 Å². The molecule has 0 atom stereocenters. The molecule has 4 heterocycles. The van der Waals surface area contributed by atoms with E-state index in [4.69, 9.17) is 0 Å². The van der Waals surface area contributed by atoms with E-state index in [9.17, 15) is 14.9 Å². The molecule has 4 rings (SSSR count). The summed E-state index contributed by atoms with van der Waals surface area (Å²) in [7, 11) is 0. The molecule has 0 unspecified atom stereocenters. The number of amides is 1. The Hall–Kier alpha value is -4.29. The van der Waals surface area contributed by atoms with Gasteiger partial charge in [-0.1, -0.05) is 0 Å². The van der Waals surface area contributed by atoms with Gasteiger partial charge in [0.05, 0.1) is 29.5 Å². The zero-order valence-corrected chi connectivity index (χ0v) is 18.8. The smallest absolute Gasteiger partial charge is 0.312 e. The predicted octanol–water partition coefficient (Wildman–Crippen LogP) is 2.13. The maximum atomic E-state index is 12.6. The Bertz CT molecular complexity index is 1330. The van der Waals surface area contributed by atoms with E-state index in [0.717, 1.165) is 17.8 Å². The molecule has 0 aliphatic carbocycles. The summed E-state index contributed by atoms with van der Waals surface area (Å²) in [6.45, 7) is 8.76. The molecule has 0 saturated heterocycles. The largest absolute Gasteiger partial charge is 0.318 e. The van der Waals surface area contributed by atoms with Crippen LogP contribution in [0.4, 0.5) is 11.4 Å². The van der Waals surface area contributed by atoms with E-state index in [0.29, 0.717) is 23.6 Å². The van der Waals surface area contributed by atoms with Crippen molar-refractivity contribution in [2.45, 2.75) is 47.5 Å². The van der Waals surface area contributed by atoms with Crippen molar-refractivity contribution in [1.82, 2.24) is 39.1 Å². The van der Waals surface area contributed by atoms with E-state index in [2.05, 4.69) is 25.7 Å². The highest BCUT2D eigenvalue weighted by molar-refractivity contribution is 6.02. The van der Waals surface area contributed by atoms with Gasteiger partial charge in [0.15, 0.2) is 5.69 Å². The second-order valence-electron chi connectivity index (χ2n) is 7.61. The van der Waals surface area contributed by atoms with Crippen LogP contribution >= 0.6 is 0 Å². The lowest BCUT2D eigenvalue weighted by atomic mass is 10.2. The summed E-state index contributed by atoms with van der Waals surface area (Å²) >= 11 is 0. The fourth-order valence-electron chi connectivity index (χ4n) is 3.63. The number of carbonyl (C=O) groups excluding carboxylic acids is 1. The molecule has 172 valence electrons. The van der Waals surface area contributed by atoms with Crippen LogP contribution < -0.4 is 5.32 Å². The fraction of sp³-hybridized carbons (Fsp3) is 0.350. The van der Waals surface area contributed by atoms with Gasteiger partial charge in [-0.2, -0.15) is 20.4 Å². The highest BCUT2D eigenvalue weighted by atomic mass is 16.6. The molecule has 33 heavy (non-hydrogen) atoms. The molecule has 1 N–H and O–H groups in total. The summed E-state index contributed by atoms with van der Waals surface area (Å²) in [5.74, 6) is -0.386. The number of nitrogens with zero attached hydrogens (tertiary/aromatic N) is 9. The zero-order valence-electron chi connectivity index (χ0n) is 18.8. The first-order valence-corrected chi connectivity index (χ1v) is 10.3. The van der Waals surface area contributed by atoms with Crippen LogP contribution in [-0.4, -0.2) is 50.0 Å². The van der Waals surface area contributed by atoms with Gasteiger partial charge in [0.1, 0.15) is 18.1 Å². The summed E-state index contributed by atoms with van der Waals surface area (Å²) < 4.78 is 6.63. The molecule has 0 aliphatic rings. The summed E-state index contributed by atoms with van der Waals surface area (Å²) in [5, 5.41) is 31.1. The van der Waals surface area contributed by atoms with E-state index in [1.54, 1.807) is 43.2 Å². The van der Waals surface area contributed by atoms with Crippen molar-refractivity contribution < 1.29 is 9.72 Å². The first-order chi connectivity index (χ1) is 15.8. The standard InChI is InChI=1S/C20H24N10O3/c1-5-28-14(3)16(8-22-28)10-27-11-17(9-21-27)23-20(31)18-6-7-26(25-18)12-29-15(4)19(30(32)33)13(2)24-29/h6-9,11H,5,10,12H2,1-4H3,(H,23,31). The maximum absolute atomic E-state index is 12.6. The summed E-state index contributed by atoms with van der Waals surface area (Å²) in [5.41, 5.74) is 3.62. The Labute approximate surface area is 188 Å². The van der Waals surface area contributed by atoms with Crippen LogP contribution in [0.3, 0.4) is 0 Å². The molecule has 1 amide bonds. The minimum absolute atomic E-state index is 0.0191. The minimum atomic E-state index is -0.451. The van der Waals surface area contributed by atoms with Crippen LogP contribution in [0.1, 0.15) is 40.1 Å². The van der Waals surface area contributed by atoms with E-state index in [-0.39, 0.29) is 24.0 Å². The third-order valence-electron chi connectivity index (χ3n) is 5.41. The molecule has 0 aromatic carbocycles. The Morgan fingerprint density at radius 3 is 2.55 bits per heavy atom. The van der Waals surface area contributed by atoms with Crippen LogP contribution in [-0.2, 0) is 19.8 Å². The average Bonchev–Trinajstić information content (AvgIpc) is 3.53. The van der Waals surface area contributed by atoms with Gasteiger partial charge in [-0.25, -0.2) is 4.68 Å². The summed E-state index contributed by atoms with van der Waals surface area (Å²) in [6, 6.07) is 1.57. The van der Waals surface area contributed by atoms with E-state index < -0.39 is 4.92 Å². The number of carbonyl (C=O) groups is 1. The Kier molecular flexibility index (Phi) is 5.77. The molecule has 0 saturated carbocycles. The normalized spacial score (nSPS) is 11.2. The van der Waals surface area contributed by atoms with Crippen molar-refractivity contribution in [2.24, 2.45) is 0 Å². The first-order valence-electron chi connectivity index (χ1n) is 10.3. The van der Waals surface area contributed by atoms with E-state index in [1.807, 2.05) is 24.7 Å². The molecule has 0 aliphatic heterocycles. The minimum Gasteiger partial charge on any atom is -0.318 e. The van der Waals surface area contributed by atoms with E-state index in [1.165, 1.54) is 9.36 Å². The van der Waals surface area contributed by atoms with Gasteiger partial charge in [-0.05, 0) is 33.8 Å². The second kappa shape index (κ2) is 8.68. The highest BCUT2D eigenvalue weighted by Gasteiger charge is 2.22. The van der Waals surface area contributed by atoms with Crippen molar-refractivity contribution in [1.29, 1.82) is 0 Å². The van der Waals surface area contributed by atoms with Gasteiger partial charge >= 0.3 is 5.69 Å². The molecule has 13 heteroatoms. The molecule has 0 fully saturated rings. The van der Waals surface area contributed by atoms with Gasteiger partial charge < -0.3 is 5.32 Å². The van der Waals surface area contributed by atoms with Crippen LogP contribution in [0.5, 0.6) is 0 Å². The maximum Gasteiger partial charge on any atom is 0.312 e. The van der Waals surface area contributed by atoms with Gasteiger partial charge in [0.25, 0.3) is 5.91 Å². The van der Waals surface area contributed by atoms with Gasteiger partial charge in [-0.3, -0.25) is 29.0 Å². The number of aryl methyl sites for hydroxylation is 2. The molecule has 4 aromatic rings. The molecule has 4 aromatic heterocycles. The lowest BCUT2D eigenvalue weighted by molar-refractivity contribution is -0.386. The number of aromatic nitrogens is 8. The number of hydrogen-bond donors (Lipinski definition) is 1. The predicted molar refractivity (Wildman–Crippen MR) is 118 cm³/mol.